The van der Waals surface area contributed by atoms with E-state index in [0.29, 0.717) is 24.7 Å². The number of aromatic nitrogens is 2. The van der Waals surface area contributed by atoms with Crippen LogP contribution in [0.25, 0.3) is 0 Å². The largest absolute Gasteiger partial charge is 0.456 e. The number of carbonyl (C=O) groups excluding carboxylic acids is 1. The number of nitrogens with one attached hydrogen (secondary N) is 2. The molecule has 0 radical (unpaired) electrons. The standard InChI is InChI=1S/C34H45N5O3/c1-22-17-27-28(34(4,5)13-12-33(27,2)3)19-23(22)18-25-8-9-29(42-25)31(40)37-24-11-15-39(21-24)32-35-14-10-30(38-32)36-20-26-7-6-16-41-26/h8-10,14,17,19,24,26H,6-7,11-13,15-16,18,20-21H2,1-5H3,(H,37,40)(H,35,36,38). The average molecular weight is 572 g/mol. The third-order valence-electron chi connectivity index (χ3n) is 9.54. The number of anilines is 2. The van der Waals surface area contributed by atoms with Gasteiger partial charge in [-0.05, 0) is 90.3 Å². The second-order valence-corrected chi connectivity index (χ2v) is 13.7. The number of furan rings is 1. The number of hydrogen-bond acceptors (Lipinski definition) is 7. The third kappa shape index (κ3) is 6.05. The van der Waals surface area contributed by atoms with Gasteiger partial charge in [0, 0.05) is 44.9 Å². The van der Waals surface area contributed by atoms with Crippen LogP contribution >= 0.6 is 0 Å². The van der Waals surface area contributed by atoms with Gasteiger partial charge in [-0.1, -0.05) is 39.8 Å². The number of carbonyl (C=O) groups is 1. The van der Waals surface area contributed by atoms with Crippen LogP contribution in [0.5, 0.6) is 0 Å². The van der Waals surface area contributed by atoms with Crippen molar-refractivity contribution >= 4 is 17.7 Å². The zero-order valence-corrected chi connectivity index (χ0v) is 25.8. The van der Waals surface area contributed by atoms with Crippen LogP contribution in [0, 0.1) is 6.92 Å². The zero-order chi connectivity index (χ0) is 29.5. The molecule has 1 aliphatic carbocycles. The summed E-state index contributed by atoms with van der Waals surface area (Å²) in [5.41, 5.74) is 5.81. The zero-order valence-electron chi connectivity index (χ0n) is 25.8. The molecule has 0 saturated carbocycles. The number of ether oxygens (including phenoxy) is 1. The molecule has 1 amide bonds. The summed E-state index contributed by atoms with van der Waals surface area (Å²) in [6, 6.07) is 10.4. The van der Waals surface area contributed by atoms with Crippen molar-refractivity contribution in [1.82, 2.24) is 15.3 Å². The molecule has 8 nitrogen and oxygen atoms in total. The predicted octanol–water partition coefficient (Wildman–Crippen LogP) is 5.92. The Labute approximate surface area is 249 Å². The van der Waals surface area contributed by atoms with Gasteiger partial charge >= 0.3 is 0 Å². The maximum atomic E-state index is 13.1. The molecule has 2 atom stereocenters. The summed E-state index contributed by atoms with van der Waals surface area (Å²) in [6.45, 7) is 14.7. The normalized spacial score (nSPS) is 22.6. The molecule has 42 heavy (non-hydrogen) atoms. The Bertz CT molecular complexity index is 1440. The fourth-order valence-corrected chi connectivity index (χ4v) is 6.68. The molecular formula is C34H45N5O3. The minimum Gasteiger partial charge on any atom is -0.456 e. The molecule has 4 heterocycles. The number of rotatable bonds is 8. The minimum atomic E-state index is -0.175. The van der Waals surface area contributed by atoms with Gasteiger partial charge in [-0.25, -0.2) is 4.98 Å². The summed E-state index contributed by atoms with van der Waals surface area (Å²) < 4.78 is 11.8. The van der Waals surface area contributed by atoms with Crippen LogP contribution in [0.4, 0.5) is 11.8 Å². The molecule has 6 rings (SSSR count). The Morgan fingerprint density at radius 2 is 1.86 bits per heavy atom. The highest BCUT2D eigenvalue weighted by Crippen LogP contribution is 2.46. The lowest BCUT2D eigenvalue weighted by Gasteiger charge is -2.42. The van der Waals surface area contributed by atoms with Gasteiger partial charge in [-0.15, -0.1) is 0 Å². The Morgan fingerprint density at radius 1 is 1.07 bits per heavy atom. The van der Waals surface area contributed by atoms with E-state index in [-0.39, 0.29) is 28.9 Å². The summed E-state index contributed by atoms with van der Waals surface area (Å²) in [4.78, 5) is 24.4. The highest BCUT2D eigenvalue weighted by Gasteiger charge is 2.37. The van der Waals surface area contributed by atoms with Crippen LogP contribution in [0.1, 0.15) is 98.4 Å². The number of aryl methyl sites for hydroxylation is 1. The maximum Gasteiger partial charge on any atom is 0.287 e. The van der Waals surface area contributed by atoms with Gasteiger partial charge in [0.05, 0.1) is 6.10 Å². The Hall–Kier alpha value is -3.39. The molecule has 3 aliphatic rings. The van der Waals surface area contributed by atoms with E-state index in [0.717, 1.165) is 50.5 Å². The van der Waals surface area contributed by atoms with Crippen molar-refractivity contribution in [3.05, 3.63) is 70.3 Å². The van der Waals surface area contributed by atoms with Crippen LogP contribution in [-0.4, -0.2) is 54.3 Å². The number of hydrogen-bond donors (Lipinski definition) is 2. The van der Waals surface area contributed by atoms with Crippen LogP contribution in [-0.2, 0) is 22.0 Å². The topological polar surface area (TPSA) is 92.5 Å². The Kier molecular flexibility index (Phi) is 7.77. The lowest BCUT2D eigenvalue weighted by atomic mass is 9.62. The van der Waals surface area contributed by atoms with Crippen molar-refractivity contribution in [3.63, 3.8) is 0 Å². The van der Waals surface area contributed by atoms with Crippen molar-refractivity contribution in [2.75, 3.05) is 36.5 Å². The second kappa shape index (κ2) is 11.4. The number of benzene rings is 1. The lowest BCUT2D eigenvalue weighted by molar-refractivity contribution is 0.0910. The molecule has 2 saturated heterocycles. The quantitative estimate of drug-likeness (QED) is 0.347. The molecule has 224 valence electrons. The molecule has 3 aromatic rings. The van der Waals surface area contributed by atoms with Crippen molar-refractivity contribution in [1.29, 1.82) is 0 Å². The van der Waals surface area contributed by atoms with E-state index in [2.05, 4.69) is 67.3 Å². The molecule has 8 heteroatoms. The summed E-state index contributed by atoms with van der Waals surface area (Å²) in [6.07, 6.45) is 8.12. The van der Waals surface area contributed by atoms with Crippen molar-refractivity contribution in [2.45, 2.75) is 96.1 Å². The fraction of sp³-hybridized carbons (Fsp3) is 0.559. The Morgan fingerprint density at radius 3 is 2.62 bits per heavy atom. The summed E-state index contributed by atoms with van der Waals surface area (Å²) in [5.74, 6) is 2.47. The SMILES string of the molecule is Cc1cc2c(cc1Cc1ccc(C(=O)NC3CCN(c4nccc(NCC5CCCO5)n4)C3)o1)C(C)(C)CCC2(C)C. The Balaban J connectivity index is 1.06. The van der Waals surface area contributed by atoms with Crippen molar-refractivity contribution in [3.8, 4) is 0 Å². The van der Waals surface area contributed by atoms with Gasteiger partial charge in [0.25, 0.3) is 5.91 Å². The van der Waals surface area contributed by atoms with Gasteiger partial charge in [-0.3, -0.25) is 4.79 Å². The molecule has 2 aliphatic heterocycles. The van der Waals surface area contributed by atoms with Crippen molar-refractivity contribution < 1.29 is 13.9 Å². The molecular weight excluding hydrogens is 526 g/mol. The van der Waals surface area contributed by atoms with Gasteiger partial charge in [-0.2, -0.15) is 4.98 Å². The van der Waals surface area contributed by atoms with Gasteiger partial charge < -0.3 is 24.7 Å². The minimum absolute atomic E-state index is 0.00614. The van der Waals surface area contributed by atoms with Crippen LogP contribution in [0.15, 0.2) is 40.9 Å². The van der Waals surface area contributed by atoms with Gasteiger partial charge in [0.2, 0.25) is 5.95 Å². The molecule has 2 fully saturated rings. The number of nitrogens with zero attached hydrogens (tertiary/aromatic N) is 3. The summed E-state index contributed by atoms with van der Waals surface area (Å²) in [5, 5.41) is 6.53. The molecule has 0 bridgehead atoms. The average Bonchev–Trinajstić information content (AvgIpc) is 3.74. The highest BCUT2D eigenvalue weighted by atomic mass is 16.5. The van der Waals surface area contributed by atoms with Crippen LogP contribution in [0.2, 0.25) is 0 Å². The van der Waals surface area contributed by atoms with E-state index >= 15 is 0 Å². The van der Waals surface area contributed by atoms with Crippen LogP contribution < -0.4 is 15.5 Å². The van der Waals surface area contributed by atoms with E-state index in [1.54, 1.807) is 12.3 Å². The van der Waals surface area contributed by atoms with E-state index < -0.39 is 0 Å². The molecule has 2 aromatic heterocycles. The molecule has 1 aromatic carbocycles. The second-order valence-electron chi connectivity index (χ2n) is 13.7. The van der Waals surface area contributed by atoms with E-state index in [1.165, 1.54) is 35.1 Å². The molecule has 0 spiro atoms. The maximum absolute atomic E-state index is 13.1. The first-order valence-electron chi connectivity index (χ1n) is 15.5. The highest BCUT2D eigenvalue weighted by molar-refractivity contribution is 5.91. The summed E-state index contributed by atoms with van der Waals surface area (Å²) in [7, 11) is 0. The first-order chi connectivity index (χ1) is 20.1. The monoisotopic (exact) mass is 571 g/mol. The van der Waals surface area contributed by atoms with Gasteiger partial charge in [0.15, 0.2) is 5.76 Å². The fourth-order valence-electron chi connectivity index (χ4n) is 6.68. The number of fused-ring (bicyclic) bond motifs is 1. The van der Waals surface area contributed by atoms with E-state index in [9.17, 15) is 4.79 Å². The van der Waals surface area contributed by atoms with E-state index in [4.69, 9.17) is 14.1 Å². The van der Waals surface area contributed by atoms with Gasteiger partial charge in [0.1, 0.15) is 11.6 Å². The van der Waals surface area contributed by atoms with Crippen molar-refractivity contribution in [2.24, 2.45) is 0 Å². The van der Waals surface area contributed by atoms with Crippen LogP contribution in [0.3, 0.4) is 0 Å². The first-order valence-corrected chi connectivity index (χ1v) is 15.5. The third-order valence-corrected chi connectivity index (χ3v) is 9.54. The van der Waals surface area contributed by atoms with E-state index in [1.807, 2.05) is 12.1 Å². The lowest BCUT2D eigenvalue weighted by Crippen LogP contribution is -2.37. The molecule has 2 N–H and O–H groups in total. The first kappa shape index (κ1) is 28.7. The smallest absolute Gasteiger partial charge is 0.287 e. The predicted molar refractivity (Wildman–Crippen MR) is 166 cm³/mol. The summed E-state index contributed by atoms with van der Waals surface area (Å²) >= 11 is 0. The number of amides is 1. The molecule has 2 unspecified atom stereocenters.